The van der Waals surface area contributed by atoms with Crippen LogP contribution in [0.4, 0.5) is 19.4 Å². The summed E-state index contributed by atoms with van der Waals surface area (Å²) in [6.45, 7) is 5.97. The number of hydrogen-bond donors (Lipinski definition) is 0. The van der Waals surface area contributed by atoms with Crippen LogP contribution in [0.5, 0.6) is 11.6 Å². The molecule has 1 amide bonds. The van der Waals surface area contributed by atoms with Crippen LogP contribution in [0.1, 0.15) is 45.6 Å². The van der Waals surface area contributed by atoms with Gasteiger partial charge < -0.3 is 23.8 Å². The number of anilines is 1. The van der Waals surface area contributed by atoms with E-state index in [2.05, 4.69) is 20.8 Å². The van der Waals surface area contributed by atoms with Gasteiger partial charge in [-0.05, 0) is 57.2 Å². The van der Waals surface area contributed by atoms with E-state index in [-0.39, 0.29) is 81.8 Å². The Morgan fingerprint density at radius 2 is 1.92 bits per heavy atom. The van der Waals surface area contributed by atoms with Crippen LogP contribution >= 0.6 is 0 Å². The van der Waals surface area contributed by atoms with Gasteiger partial charge in [0, 0.05) is 37.3 Å². The molecule has 7 rings (SSSR count). The molecule has 3 aliphatic heterocycles. The molecule has 4 atom stereocenters. The van der Waals surface area contributed by atoms with Crippen LogP contribution in [-0.2, 0) is 20.3 Å². The fraction of sp³-hybridized carbons (Fsp3) is 0.429. The predicted octanol–water partition coefficient (Wildman–Crippen LogP) is 5.56. The third kappa shape index (κ3) is 5.68. The van der Waals surface area contributed by atoms with Crippen LogP contribution in [0, 0.1) is 24.0 Å². The maximum Gasteiger partial charge on any atom is 0.410 e. The quantitative estimate of drug-likeness (QED) is 0.150. The minimum atomic E-state index is -1.70. The summed E-state index contributed by atoms with van der Waals surface area (Å²) in [5.74, 6) is 1.57. The van der Waals surface area contributed by atoms with Crippen LogP contribution in [0.25, 0.3) is 32.9 Å². The molecule has 256 valence electrons. The van der Waals surface area contributed by atoms with Crippen molar-refractivity contribution in [3.63, 3.8) is 0 Å². The van der Waals surface area contributed by atoms with Gasteiger partial charge in [0.25, 0.3) is 0 Å². The molecule has 49 heavy (non-hydrogen) atoms. The normalized spacial score (nSPS) is 20.7. The van der Waals surface area contributed by atoms with Gasteiger partial charge in [0.05, 0.1) is 41.1 Å². The molecule has 0 spiro atoms. The summed E-state index contributed by atoms with van der Waals surface area (Å²) < 4.78 is 68.0. The molecule has 5 heterocycles. The van der Waals surface area contributed by atoms with Crippen LogP contribution in [-0.4, -0.2) is 87.2 Å². The molecule has 1 unspecified atom stereocenters. The highest BCUT2D eigenvalue weighted by atomic mass is 32.2. The number of piperazine rings is 1. The number of rotatable bonds is 5. The van der Waals surface area contributed by atoms with Crippen molar-refractivity contribution in [3.8, 4) is 35.2 Å². The SMILES string of the molecule is C#Cc1c(F)ccc2cc(OCOC)cc(-c3nc4c5c(nc(S(C)=O)nc5c3F)N3C[C@H]5CC[C@@H]([C@H]3CCO4)N5C(=O)OC(C)(C)C)c12. The number of aromatic nitrogens is 3. The highest BCUT2D eigenvalue weighted by molar-refractivity contribution is 7.84. The van der Waals surface area contributed by atoms with E-state index in [0.29, 0.717) is 29.9 Å². The number of benzene rings is 2. The monoisotopic (exact) mass is 691 g/mol. The van der Waals surface area contributed by atoms with Crippen molar-refractivity contribution in [2.45, 2.75) is 68.9 Å². The molecule has 14 heteroatoms. The predicted molar refractivity (Wildman–Crippen MR) is 179 cm³/mol. The van der Waals surface area contributed by atoms with Gasteiger partial charge in [0.1, 0.15) is 39.6 Å². The van der Waals surface area contributed by atoms with Crippen LogP contribution in [0.3, 0.4) is 0 Å². The van der Waals surface area contributed by atoms with Gasteiger partial charge in [0.15, 0.2) is 12.6 Å². The number of halogens is 2. The summed E-state index contributed by atoms with van der Waals surface area (Å²) in [7, 11) is -0.234. The number of nitrogens with zero attached hydrogens (tertiary/aromatic N) is 5. The van der Waals surface area contributed by atoms with Crippen LogP contribution in [0.2, 0.25) is 0 Å². The summed E-state index contributed by atoms with van der Waals surface area (Å²) in [5.41, 5.74) is -0.951. The molecule has 2 bridgehead atoms. The number of pyridine rings is 1. The van der Waals surface area contributed by atoms with E-state index in [1.807, 2.05) is 25.7 Å². The van der Waals surface area contributed by atoms with Crippen molar-refractivity contribution in [1.29, 1.82) is 0 Å². The molecular formula is C35H35F2N5O6S. The summed E-state index contributed by atoms with van der Waals surface area (Å²) in [4.78, 5) is 31.1. The van der Waals surface area contributed by atoms with E-state index in [0.717, 1.165) is 12.8 Å². The lowest BCUT2D eigenvalue weighted by Crippen LogP contribution is -2.62. The van der Waals surface area contributed by atoms with E-state index < -0.39 is 28.0 Å². The fourth-order valence-electron chi connectivity index (χ4n) is 7.18. The zero-order chi connectivity index (χ0) is 34.8. The van der Waals surface area contributed by atoms with Crippen molar-refractivity contribution in [2.24, 2.45) is 0 Å². The van der Waals surface area contributed by atoms with Crippen molar-refractivity contribution >= 4 is 44.4 Å². The lowest BCUT2D eigenvalue weighted by atomic mass is 9.95. The molecular weight excluding hydrogens is 656 g/mol. The van der Waals surface area contributed by atoms with Crippen molar-refractivity contribution in [3.05, 3.63) is 41.5 Å². The van der Waals surface area contributed by atoms with E-state index >= 15 is 8.78 Å². The Kier molecular flexibility index (Phi) is 8.31. The molecule has 0 saturated carbocycles. The number of hydrogen-bond acceptors (Lipinski definition) is 10. The minimum Gasteiger partial charge on any atom is -0.477 e. The summed E-state index contributed by atoms with van der Waals surface area (Å²) in [5, 5.41) is 0.870. The first-order valence-electron chi connectivity index (χ1n) is 15.9. The van der Waals surface area contributed by atoms with Gasteiger partial charge in [-0.25, -0.2) is 28.5 Å². The van der Waals surface area contributed by atoms with Gasteiger partial charge in [-0.3, -0.25) is 9.11 Å². The van der Waals surface area contributed by atoms with Crippen LogP contribution in [0.15, 0.2) is 29.4 Å². The summed E-state index contributed by atoms with van der Waals surface area (Å²) in [6, 6.07) is 5.27. The first-order chi connectivity index (χ1) is 23.4. The Bertz CT molecular complexity index is 2080. The Hall–Kier alpha value is -4.61. The largest absolute Gasteiger partial charge is 0.477 e. The number of ether oxygens (including phenoxy) is 4. The third-order valence-corrected chi connectivity index (χ3v) is 9.78. The van der Waals surface area contributed by atoms with Gasteiger partial charge in [-0.1, -0.05) is 12.0 Å². The van der Waals surface area contributed by atoms with Crippen molar-refractivity contribution in [2.75, 3.05) is 38.2 Å². The fourth-order valence-corrected chi connectivity index (χ4v) is 7.62. The third-order valence-electron chi connectivity index (χ3n) is 9.08. The molecule has 2 aromatic carbocycles. The summed E-state index contributed by atoms with van der Waals surface area (Å²) in [6.07, 6.45) is 8.78. The average Bonchev–Trinajstić information content (AvgIpc) is 3.38. The molecule has 0 radical (unpaired) electrons. The van der Waals surface area contributed by atoms with E-state index in [9.17, 15) is 9.00 Å². The van der Waals surface area contributed by atoms with E-state index in [1.165, 1.54) is 31.6 Å². The number of amides is 1. The summed E-state index contributed by atoms with van der Waals surface area (Å²) >= 11 is 0. The molecule has 3 aliphatic rings. The number of carbonyl (C=O) groups is 1. The van der Waals surface area contributed by atoms with E-state index in [1.54, 1.807) is 6.07 Å². The number of methoxy groups -OCH3 is 1. The molecule has 4 aromatic rings. The maximum absolute atomic E-state index is 17.1. The Labute approximate surface area is 284 Å². The lowest BCUT2D eigenvalue weighted by Gasteiger charge is -2.48. The Balaban J connectivity index is 1.44. The van der Waals surface area contributed by atoms with Gasteiger partial charge in [-0.2, -0.15) is 0 Å². The van der Waals surface area contributed by atoms with Gasteiger partial charge in [0.2, 0.25) is 11.0 Å². The topological polar surface area (TPSA) is 116 Å². The van der Waals surface area contributed by atoms with Gasteiger partial charge >= 0.3 is 6.09 Å². The highest BCUT2D eigenvalue weighted by Crippen LogP contribution is 2.46. The second-order valence-corrected chi connectivity index (χ2v) is 14.6. The standard InChI is InChI=1S/C35H35F2N5O6S/c1-7-21-23(36)10-8-18-14-20(47-17-45-5)15-22(26(18)21)29-28(37)30-27-31(40-33(39-30)49(6)44)41-16-19-9-11-25(24(41)12-13-46-32(27)38-29)42(19)34(43)48-35(2,3)4/h1,8,10,14-15,19,24-25H,9,11-13,16-17H2,2-6H3/t19-,24-,25+,49?/m1/s1. The molecule has 11 nitrogen and oxygen atoms in total. The molecule has 2 saturated heterocycles. The minimum absolute atomic E-state index is 0.0604. The lowest BCUT2D eigenvalue weighted by molar-refractivity contribution is 0.00637. The first kappa shape index (κ1) is 32.9. The zero-order valence-electron chi connectivity index (χ0n) is 27.7. The van der Waals surface area contributed by atoms with Crippen LogP contribution < -0.4 is 14.4 Å². The Morgan fingerprint density at radius 1 is 1.12 bits per heavy atom. The number of terminal acetylenes is 1. The maximum atomic E-state index is 17.1. The number of fused-ring (bicyclic) bond motifs is 6. The molecule has 2 fully saturated rings. The zero-order valence-corrected chi connectivity index (χ0v) is 28.5. The Morgan fingerprint density at radius 3 is 2.63 bits per heavy atom. The average molecular weight is 692 g/mol. The molecule has 0 N–H and O–H groups in total. The highest BCUT2D eigenvalue weighted by Gasteiger charge is 2.51. The molecule has 0 aliphatic carbocycles. The second kappa shape index (κ2) is 12.4. The van der Waals surface area contributed by atoms with Crippen molar-refractivity contribution < 1.29 is 36.7 Å². The van der Waals surface area contributed by atoms with Gasteiger partial charge in [-0.15, -0.1) is 6.42 Å². The number of carbonyl (C=O) groups excluding carboxylic acids is 1. The molecule has 2 aromatic heterocycles. The van der Waals surface area contributed by atoms with Crippen molar-refractivity contribution in [1.82, 2.24) is 19.9 Å². The smallest absolute Gasteiger partial charge is 0.410 e. The van der Waals surface area contributed by atoms with E-state index in [4.69, 9.17) is 30.4 Å². The second-order valence-electron chi connectivity index (χ2n) is 13.3. The first-order valence-corrected chi connectivity index (χ1v) is 17.5.